The highest BCUT2D eigenvalue weighted by atomic mass is 16.6. The zero-order chi connectivity index (χ0) is 14.4. The van der Waals surface area contributed by atoms with Crippen molar-refractivity contribution >= 4 is 17.3 Å². The van der Waals surface area contributed by atoms with Crippen LogP contribution in [0, 0.1) is 10.1 Å². The minimum Gasteiger partial charge on any atom is -0.384 e. The molecule has 6 nitrogen and oxygen atoms in total. The number of nitro groups is 1. The van der Waals surface area contributed by atoms with E-state index in [-0.39, 0.29) is 11.7 Å². The first-order valence-electron chi connectivity index (χ1n) is 6.65. The van der Waals surface area contributed by atoms with Crippen LogP contribution in [0.25, 0.3) is 0 Å². The van der Waals surface area contributed by atoms with Crippen molar-refractivity contribution in [3.63, 3.8) is 0 Å². The van der Waals surface area contributed by atoms with E-state index in [4.69, 9.17) is 5.73 Å². The quantitative estimate of drug-likeness (QED) is 0.466. The van der Waals surface area contributed by atoms with Crippen LogP contribution in [0.4, 0.5) is 17.3 Å². The van der Waals surface area contributed by atoms with Crippen molar-refractivity contribution in [1.29, 1.82) is 0 Å². The predicted molar refractivity (Wildman–Crippen MR) is 77.3 cm³/mol. The molecule has 1 rings (SSSR count). The van der Waals surface area contributed by atoms with Crippen molar-refractivity contribution in [2.24, 2.45) is 0 Å². The molecule has 2 N–H and O–H groups in total. The second-order valence-electron chi connectivity index (χ2n) is 4.83. The molecular formula is C13H22N4O2. The molecule has 0 radical (unpaired) electrons. The van der Waals surface area contributed by atoms with Gasteiger partial charge in [-0.1, -0.05) is 19.8 Å². The fourth-order valence-electron chi connectivity index (χ4n) is 1.95. The Balaban J connectivity index is 3.06. The van der Waals surface area contributed by atoms with E-state index in [0.717, 1.165) is 25.8 Å². The predicted octanol–water partition coefficient (Wildman–Crippen LogP) is 2.98. The third kappa shape index (κ3) is 4.08. The Morgan fingerprint density at radius 3 is 2.63 bits per heavy atom. The molecule has 1 aromatic rings. The number of aromatic nitrogens is 1. The molecule has 19 heavy (non-hydrogen) atoms. The smallest absolute Gasteiger partial charge is 0.311 e. The van der Waals surface area contributed by atoms with Crippen molar-refractivity contribution in [3.8, 4) is 0 Å². The van der Waals surface area contributed by atoms with E-state index in [0.29, 0.717) is 11.6 Å². The van der Waals surface area contributed by atoms with Crippen LogP contribution < -0.4 is 10.6 Å². The van der Waals surface area contributed by atoms with Crippen molar-refractivity contribution in [3.05, 3.63) is 22.2 Å². The summed E-state index contributed by atoms with van der Waals surface area (Å²) in [7, 11) is 0. The minimum absolute atomic E-state index is 0.0133. The highest BCUT2D eigenvalue weighted by molar-refractivity contribution is 5.61. The molecule has 0 spiro atoms. The summed E-state index contributed by atoms with van der Waals surface area (Å²) in [4.78, 5) is 16.8. The van der Waals surface area contributed by atoms with Crippen LogP contribution in [0.3, 0.4) is 0 Å². The number of unbranched alkanes of at least 4 members (excludes halogenated alkanes) is 2. The summed E-state index contributed by atoms with van der Waals surface area (Å²) in [6.07, 6.45) is 3.19. The van der Waals surface area contributed by atoms with Gasteiger partial charge in [0.15, 0.2) is 0 Å². The van der Waals surface area contributed by atoms with E-state index in [1.165, 1.54) is 12.1 Å². The lowest BCUT2D eigenvalue weighted by molar-refractivity contribution is -0.384. The average Bonchev–Trinajstić information content (AvgIpc) is 2.33. The molecule has 6 heteroatoms. The van der Waals surface area contributed by atoms with Gasteiger partial charge in [-0.05, 0) is 26.3 Å². The first kappa shape index (κ1) is 15.2. The van der Waals surface area contributed by atoms with E-state index >= 15 is 0 Å². The first-order chi connectivity index (χ1) is 8.97. The Morgan fingerprint density at radius 1 is 1.42 bits per heavy atom. The molecule has 0 bridgehead atoms. The maximum atomic E-state index is 11.1. The largest absolute Gasteiger partial charge is 0.384 e. The van der Waals surface area contributed by atoms with Crippen LogP contribution in [0.5, 0.6) is 0 Å². The SMILES string of the molecule is CCCCCN(c1nc(N)ccc1[N+](=O)[O-])C(C)C. The lowest BCUT2D eigenvalue weighted by Gasteiger charge is -2.27. The maximum Gasteiger partial charge on any atom is 0.311 e. The summed E-state index contributed by atoms with van der Waals surface area (Å²) in [5.41, 5.74) is 5.67. The zero-order valence-corrected chi connectivity index (χ0v) is 11.8. The monoisotopic (exact) mass is 266 g/mol. The molecule has 1 aromatic heterocycles. The average molecular weight is 266 g/mol. The third-order valence-corrected chi connectivity index (χ3v) is 2.97. The molecule has 0 unspecified atom stereocenters. The van der Waals surface area contributed by atoms with Gasteiger partial charge in [0.25, 0.3) is 0 Å². The molecule has 0 fully saturated rings. The highest BCUT2D eigenvalue weighted by Gasteiger charge is 2.23. The molecular weight excluding hydrogens is 244 g/mol. The molecule has 0 aliphatic carbocycles. The molecule has 0 aliphatic heterocycles. The molecule has 0 aliphatic rings. The third-order valence-electron chi connectivity index (χ3n) is 2.97. The summed E-state index contributed by atoms with van der Waals surface area (Å²) >= 11 is 0. The van der Waals surface area contributed by atoms with Crippen molar-refractivity contribution < 1.29 is 4.92 Å². The van der Waals surface area contributed by atoms with Crippen LogP contribution >= 0.6 is 0 Å². The van der Waals surface area contributed by atoms with Crippen LogP contribution in [0.1, 0.15) is 40.0 Å². The summed E-state index contributed by atoms with van der Waals surface area (Å²) in [5, 5.41) is 11.1. The van der Waals surface area contributed by atoms with E-state index in [1.807, 2.05) is 18.7 Å². The second kappa shape index (κ2) is 6.92. The summed E-state index contributed by atoms with van der Waals surface area (Å²) in [6, 6.07) is 3.03. The number of rotatable bonds is 7. The van der Waals surface area contributed by atoms with Gasteiger partial charge in [0, 0.05) is 18.7 Å². The van der Waals surface area contributed by atoms with Gasteiger partial charge in [-0.2, -0.15) is 0 Å². The van der Waals surface area contributed by atoms with Gasteiger partial charge >= 0.3 is 5.69 Å². The van der Waals surface area contributed by atoms with Crippen molar-refractivity contribution in [2.45, 2.75) is 46.1 Å². The van der Waals surface area contributed by atoms with Crippen LogP contribution in [0.15, 0.2) is 12.1 Å². The molecule has 1 heterocycles. The number of hydrogen-bond acceptors (Lipinski definition) is 5. The number of nitrogen functional groups attached to an aromatic ring is 1. The number of pyridine rings is 1. The van der Waals surface area contributed by atoms with Crippen LogP contribution in [-0.2, 0) is 0 Å². The van der Waals surface area contributed by atoms with Gasteiger partial charge in [-0.25, -0.2) is 4.98 Å². The normalized spacial score (nSPS) is 10.7. The minimum atomic E-state index is -0.406. The van der Waals surface area contributed by atoms with Gasteiger partial charge in [0.1, 0.15) is 5.82 Å². The molecule has 0 aromatic carbocycles. The fourth-order valence-corrected chi connectivity index (χ4v) is 1.95. The Morgan fingerprint density at radius 2 is 2.11 bits per heavy atom. The maximum absolute atomic E-state index is 11.1. The second-order valence-corrected chi connectivity index (χ2v) is 4.83. The van der Waals surface area contributed by atoms with E-state index < -0.39 is 4.92 Å². The zero-order valence-electron chi connectivity index (χ0n) is 11.8. The number of nitrogens with zero attached hydrogens (tertiary/aromatic N) is 3. The van der Waals surface area contributed by atoms with E-state index in [9.17, 15) is 10.1 Å². The van der Waals surface area contributed by atoms with Gasteiger partial charge in [0.05, 0.1) is 4.92 Å². The fraction of sp³-hybridized carbons (Fsp3) is 0.615. The highest BCUT2D eigenvalue weighted by Crippen LogP contribution is 2.28. The lowest BCUT2D eigenvalue weighted by Crippen LogP contribution is -2.33. The molecule has 0 amide bonds. The molecule has 0 saturated carbocycles. The Hall–Kier alpha value is -1.85. The van der Waals surface area contributed by atoms with E-state index in [1.54, 1.807) is 0 Å². The first-order valence-corrected chi connectivity index (χ1v) is 6.65. The van der Waals surface area contributed by atoms with Crippen molar-refractivity contribution in [1.82, 2.24) is 4.98 Å². The lowest BCUT2D eigenvalue weighted by atomic mass is 10.2. The Labute approximate surface area is 113 Å². The number of hydrogen-bond donors (Lipinski definition) is 1. The molecule has 106 valence electrons. The van der Waals surface area contributed by atoms with Gasteiger partial charge < -0.3 is 10.6 Å². The number of nitrogens with two attached hydrogens (primary N) is 1. The van der Waals surface area contributed by atoms with Crippen LogP contribution in [-0.4, -0.2) is 22.5 Å². The summed E-state index contributed by atoms with van der Waals surface area (Å²) < 4.78 is 0. The van der Waals surface area contributed by atoms with Gasteiger partial charge in [-0.15, -0.1) is 0 Å². The Bertz CT molecular complexity index is 435. The van der Waals surface area contributed by atoms with E-state index in [2.05, 4.69) is 11.9 Å². The van der Waals surface area contributed by atoms with Gasteiger partial charge in [-0.3, -0.25) is 10.1 Å². The molecule has 0 atom stereocenters. The van der Waals surface area contributed by atoms with Crippen LogP contribution in [0.2, 0.25) is 0 Å². The molecule has 0 saturated heterocycles. The summed E-state index contributed by atoms with van der Waals surface area (Å²) in [5.74, 6) is 0.679. The number of anilines is 2. The Kier molecular flexibility index (Phi) is 5.54. The standard InChI is InChI=1S/C13H22N4O2/c1-4-5-6-9-16(10(2)3)13-11(17(18)19)7-8-12(14)15-13/h7-8,10H,4-6,9H2,1-3H3,(H2,14,15). The van der Waals surface area contributed by atoms with Gasteiger partial charge in [0.2, 0.25) is 5.82 Å². The topological polar surface area (TPSA) is 85.3 Å². The summed E-state index contributed by atoms with van der Waals surface area (Å²) in [6.45, 7) is 6.88. The van der Waals surface area contributed by atoms with Crippen molar-refractivity contribution in [2.75, 3.05) is 17.2 Å².